The van der Waals surface area contributed by atoms with Crippen molar-refractivity contribution in [3.8, 4) is 0 Å². The van der Waals surface area contributed by atoms with Crippen LogP contribution in [0.4, 0.5) is 0 Å². The van der Waals surface area contributed by atoms with Crippen molar-refractivity contribution in [3.05, 3.63) is 35.9 Å². The molecule has 0 aliphatic heterocycles. The summed E-state index contributed by atoms with van der Waals surface area (Å²) < 4.78 is 22.2. The summed E-state index contributed by atoms with van der Waals surface area (Å²) in [6.07, 6.45) is 1.95. The van der Waals surface area contributed by atoms with Crippen molar-refractivity contribution >= 4 is 9.84 Å². The maximum atomic E-state index is 11.1. The van der Waals surface area contributed by atoms with Gasteiger partial charge in [-0.1, -0.05) is 44.2 Å². The fourth-order valence-corrected chi connectivity index (χ4v) is 3.16. The van der Waals surface area contributed by atoms with E-state index in [0.717, 1.165) is 26.2 Å². The first kappa shape index (κ1) is 18.1. The number of sulfone groups is 1. The Labute approximate surface area is 129 Å². The summed E-state index contributed by atoms with van der Waals surface area (Å²) in [5.74, 6) is 0.251. The fraction of sp³-hybridized carbons (Fsp3) is 0.625. The average molecular weight is 312 g/mol. The number of benzene rings is 1. The van der Waals surface area contributed by atoms with E-state index in [9.17, 15) is 8.42 Å². The highest BCUT2D eigenvalue weighted by Crippen LogP contribution is 2.19. The average Bonchev–Trinajstić information content (AvgIpc) is 2.46. The zero-order valence-corrected chi connectivity index (χ0v) is 14.2. The molecule has 4 nitrogen and oxygen atoms in total. The van der Waals surface area contributed by atoms with Crippen molar-refractivity contribution in [1.82, 2.24) is 10.2 Å². The number of rotatable bonds is 10. The van der Waals surface area contributed by atoms with Gasteiger partial charge in [0.15, 0.2) is 0 Å². The van der Waals surface area contributed by atoms with Crippen molar-refractivity contribution < 1.29 is 8.42 Å². The number of nitrogens with zero attached hydrogens (tertiary/aromatic N) is 1. The van der Waals surface area contributed by atoms with Crippen LogP contribution in [0.15, 0.2) is 30.3 Å². The Hall–Kier alpha value is -0.910. The van der Waals surface area contributed by atoms with Crippen molar-refractivity contribution in [1.29, 1.82) is 0 Å². The van der Waals surface area contributed by atoms with Gasteiger partial charge in [0.1, 0.15) is 9.84 Å². The lowest BCUT2D eigenvalue weighted by molar-refractivity contribution is 0.213. The van der Waals surface area contributed by atoms with Gasteiger partial charge in [0.25, 0.3) is 0 Å². The van der Waals surface area contributed by atoms with Gasteiger partial charge in [0.05, 0.1) is 5.75 Å². The van der Waals surface area contributed by atoms with E-state index in [0.29, 0.717) is 12.5 Å². The monoisotopic (exact) mass is 312 g/mol. The molecule has 21 heavy (non-hydrogen) atoms. The Morgan fingerprint density at radius 1 is 1.14 bits per heavy atom. The molecule has 0 spiro atoms. The van der Waals surface area contributed by atoms with E-state index >= 15 is 0 Å². The van der Waals surface area contributed by atoms with E-state index in [2.05, 4.69) is 48.3 Å². The van der Waals surface area contributed by atoms with E-state index < -0.39 is 9.84 Å². The highest BCUT2D eigenvalue weighted by atomic mass is 32.2. The third-order valence-electron chi connectivity index (χ3n) is 3.64. The van der Waals surface area contributed by atoms with Crippen LogP contribution in [-0.2, 0) is 9.84 Å². The maximum absolute atomic E-state index is 11.1. The zero-order valence-electron chi connectivity index (χ0n) is 13.4. The largest absolute Gasteiger partial charge is 0.315 e. The van der Waals surface area contributed by atoms with Crippen molar-refractivity contribution in [2.24, 2.45) is 0 Å². The summed E-state index contributed by atoms with van der Waals surface area (Å²) in [6.45, 7) is 7.92. The van der Waals surface area contributed by atoms with Crippen LogP contribution in [0.25, 0.3) is 0 Å². The van der Waals surface area contributed by atoms with Crippen molar-refractivity contribution in [2.75, 3.05) is 38.2 Å². The summed E-state index contributed by atoms with van der Waals surface area (Å²) in [7, 11) is -2.85. The third-order valence-corrected chi connectivity index (χ3v) is 4.67. The van der Waals surface area contributed by atoms with Crippen molar-refractivity contribution in [2.45, 2.75) is 26.3 Å². The minimum absolute atomic E-state index is 0.251. The van der Waals surface area contributed by atoms with E-state index in [1.807, 2.05) is 6.07 Å². The molecule has 0 radical (unpaired) electrons. The van der Waals surface area contributed by atoms with Gasteiger partial charge >= 0.3 is 0 Å². The van der Waals surface area contributed by atoms with Crippen LogP contribution in [0.3, 0.4) is 0 Å². The zero-order chi connectivity index (χ0) is 15.7. The SMILES string of the molecule is CCN(CC)C(CNCCCS(C)(=O)=O)c1ccccc1. The summed E-state index contributed by atoms with van der Waals surface area (Å²) >= 11 is 0. The van der Waals surface area contributed by atoms with Gasteiger partial charge in [-0.25, -0.2) is 8.42 Å². The Balaban J connectivity index is 2.54. The molecule has 0 saturated carbocycles. The molecule has 0 amide bonds. The minimum Gasteiger partial charge on any atom is -0.315 e. The smallest absolute Gasteiger partial charge is 0.147 e. The minimum atomic E-state index is -2.85. The van der Waals surface area contributed by atoms with Crippen LogP contribution in [0.2, 0.25) is 0 Å². The summed E-state index contributed by atoms with van der Waals surface area (Å²) in [4.78, 5) is 2.42. The normalized spacial score (nSPS) is 13.5. The lowest BCUT2D eigenvalue weighted by Gasteiger charge is -2.30. The topological polar surface area (TPSA) is 49.4 Å². The molecule has 0 aliphatic carbocycles. The van der Waals surface area contributed by atoms with Crippen LogP contribution < -0.4 is 5.32 Å². The molecule has 0 saturated heterocycles. The number of hydrogen-bond donors (Lipinski definition) is 1. The van der Waals surface area contributed by atoms with E-state index in [1.165, 1.54) is 11.8 Å². The van der Waals surface area contributed by atoms with Gasteiger partial charge in [-0.05, 0) is 31.6 Å². The molecule has 0 bridgehead atoms. The van der Waals surface area contributed by atoms with Crippen LogP contribution >= 0.6 is 0 Å². The molecule has 1 aromatic rings. The Kier molecular flexibility index (Phi) is 7.93. The molecule has 5 heteroatoms. The molecule has 1 N–H and O–H groups in total. The molecule has 1 unspecified atom stereocenters. The summed E-state index contributed by atoms with van der Waals surface area (Å²) in [5.41, 5.74) is 1.30. The predicted molar refractivity (Wildman–Crippen MR) is 89.3 cm³/mol. The first-order chi connectivity index (χ1) is 9.98. The highest BCUT2D eigenvalue weighted by molar-refractivity contribution is 7.90. The predicted octanol–water partition coefficient (Wildman–Crippen LogP) is 2.09. The second-order valence-corrected chi connectivity index (χ2v) is 7.59. The first-order valence-electron chi connectivity index (χ1n) is 7.65. The molecular formula is C16H28N2O2S. The lowest BCUT2D eigenvalue weighted by atomic mass is 10.1. The van der Waals surface area contributed by atoms with Gasteiger partial charge < -0.3 is 5.32 Å². The lowest BCUT2D eigenvalue weighted by Crippen LogP contribution is -2.36. The molecule has 0 fully saturated rings. The van der Waals surface area contributed by atoms with Gasteiger partial charge in [-0.15, -0.1) is 0 Å². The molecule has 1 rings (SSSR count). The standard InChI is InChI=1S/C16H28N2O2S/c1-4-18(5-2)16(15-10-7-6-8-11-15)14-17-12-9-13-21(3,19)20/h6-8,10-11,16-17H,4-5,9,12-14H2,1-3H3. The molecule has 120 valence electrons. The fourth-order valence-electron chi connectivity index (χ4n) is 2.50. The van der Waals surface area contributed by atoms with Crippen LogP contribution in [0, 0.1) is 0 Å². The maximum Gasteiger partial charge on any atom is 0.147 e. The second-order valence-electron chi connectivity index (χ2n) is 5.34. The number of nitrogens with one attached hydrogen (secondary N) is 1. The van der Waals surface area contributed by atoms with E-state index in [1.54, 1.807) is 0 Å². The Morgan fingerprint density at radius 2 is 1.76 bits per heavy atom. The van der Waals surface area contributed by atoms with Crippen LogP contribution in [0.1, 0.15) is 31.9 Å². The van der Waals surface area contributed by atoms with Crippen molar-refractivity contribution in [3.63, 3.8) is 0 Å². The molecule has 1 atom stereocenters. The van der Waals surface area contributed by atoms with Crippen LogP contribution in [-0.4, -0.2) is 51.5 Å². The van der Waals surface area contributed by atoms with Gasteiger partial charge in [0, 0.05) is 18.8 Å². The number of hydrogen-bond acceptors (Lipinski definition) is 4. The highest BCUT2D eigenvalue weighted by Gasteiger charge is 2.17. The molecule has 0 aromatic heterocycles. The van der Waals surface area contributed by atoms with Gasteiger partial charge in [-0.2, -0.15) is 0 Å². The third kappa shape index (κ3) is 7.07. The second kappa shape index (κ2) is 9.18. The quantitative estimate of drug-likeness (QED) is 0.672. The first-order valence-corrected chi connectivity index (χ1v) is 9.71. The summed E-state index contributed by atoms with van der Waals surface area (Å²) in [6, 6.07) is 10.8. The molecular weight excluding hydrogens is 284 g/mol. The van der Waals surface area contributed by atoms with Crippen LogP contribution in [0.5, 0.6) is 0 Å². The van der Waals surface area contributed by atoms with E-state index in [4.69, 9.17) is 0 Å². The Morgan fingerprint density at radius 3 is 2.29 bits per heavy atom. The summed E-state index contributed by atoms with van der Waals surface area (Å²) in [5, 5.41) is 3.40. The Bertz CT molecular complexity index is 484. The molecule has 1 aromatic carbocycles. The van der Waals surface area contributed by atoms with Gasteiger partial charge in [-0.3, -0.25) is 4.90 Å². The number of likely N-dealkylation sites (N-methyl/N-ethyl adjacent to an activating group) is 1. The van der Waals surface area contributed by atoms with E-state index in [-0.39, 0.29) is 5.75 Å². The molecule has 0 aliphatic rings. The molecule has 0 heterocycles. The van der Waals surface area contributed by atoms with Gasteiger partial charge in [0.2, 0.25) is 0 Å².